The van der Waals surface area contributed by atoms with Gasteiger partial charge in [-0.25, -0.2) is 4.79 Å². The van der Waals surface area contributed by atoms with Gasteiger partial charge in [-0.1, -0.05) is 27.6 Å². The Balaban J connectivity index is 1.74. The molecule has 2 aliphatic heterocycles. The Labute approximate surface area is 229 Å². The number of methoxy groups -OCH3 is 2. The first-order valence-corrected chi connectivity index (χ1v) is 13.2. The van der Waals surface area contributed by atoms with Crippen molar-refractivity contribution >= 4 is 68.9 Å². The first-order chi connectivity index (χ1) is 17.5. The van der Waals surface area contributed by atoms with Crippen molar-refractivity contribution in [2.75, 3.05) is 19.7 Å². The van der Waals surface area contributed by atoms with Crippen molar-refractivity contribution in [3.63, 3.8) is 0 Å². The number of halogens is 3. The number of rotatable bonds is 3. The highest BCUT2D eigenvalue weighted by atomic mass is 79.9. The second-order valence-corrected chi connectivity index (χ2v) is 11.1. The number of ether oxygens (including phenoxy) is 2. The molecule has 0 aromatic heterocycles. The van der Waals surface area contributed by atoms with Gasteiger partial charge in [-0.15, -0.1) is 23.2 Å². The van der Waals surface area contributed by atoms with Crippen molar-refractivity contribution in [1.29, 1.82) is 0 Å². The van der Waals surface area contributed by atoms with E-state index in [1.54, 1.807) is 6.08 Å². The largest absolute Gasteiger partial charge is 0.508 e. The molecular formula is C24H21BrCl2N2O8. The molecule has 1 saturated carbocycles. The zero-order valence-electron chi connectivity index (χ0n) is 19.6. The number of fused-ring (bicyclic) bond motifs is 4. The molecule has 2 aliphatic carbocycles. The quantitative estimate of drug-likeness (QED) is 0.238. The molecule has 5 rings (SSSR count). The van der Waals surface area contributed by atoms with Crippen LogP contribution in [0.1, 0.15) is 24.3 Å². The van der Waals surface area contributed by atoms with Crippen LogP contribution < -0.4 is 4.74 Å². The Morgan fingerprint density at radius 3 is 2.46 bits per heavy atom. The highest BCUT2D eigenvalue weighted by molar-refractivity contribution is 9.09. The van der Waals surface area contributed by atoms with E-state index in [0.717, 1.165) is 12.0 Å². The number of likely N-dealkylation sites (tertiary alicyclic amines) is 2. The monoisotopic (exact) mass is 614 g/mol. The molecule has 10 nitrogen and oxygen atoms in total. The summed E-state index contributed by atoms with van der Waals surface area (Å²) < 4.78 is 9.95. The van der Waals surface area contributed by atoms with Gasteiger partial charge in [0.1, 0.15) is 11.5 Å². The van der Waals surface area contributed by atoms with E-state index in [-0.39, 0.29) is 29.6 Å². The average Bonchev–Trinajstić information content (AvgIpc) is 3.22. The zero-order chi connectivity index (χ0) is 27.0. The summed E-state index contributed by atoms with van der Waals surface area (Å²) in [6.07, 6.45) is 0.418. The molecule has 0 unspecified atom stereocenters. The topological polar surface area (TPSA) is 131 Å². The molecule has 0 spiro atoms. The number of imide groups is 4. The molecule has 1 N–H and O–H groups in total. The molecule has 196 valence electrons. The number of phenolic OH excluding ortho intramolecular Hbond substituents is 1. The highest BCUT2D eigenvalue weighted by Gasteiger charge is 2.76. The van der Waals surface area contributed by atoms with Gasteiger partial charge in [0, 0.05) is 11.5 Å². The van der Waals surface area contributed by atoms with Crippen molar-refractivity contribution in [3.8, 4) is 11.5 Å². The van der Waals surface area contributed by atoms with E-state index in [9.17, 15) is 29.1 Å². The molecule has 3 fully saturated rings. The first-order valence-electron chi connectivity index (χ1n) is 11.3. The Morgan fingerprint density at radius 1 is 1.14 bits per heavy atom. The molecule has 2 saturated heterocycles. The first kappa shape index (κ1) is 26.0. The summed E-state index contributed by atoms with van der Waals surface area (Å²) in [7, 11) is 2.48. The lowest BCUT2D eigenvalue weighted by molar-refractivity contribution is -0.140. The van der Waals surface area contributed by atoms with E-state index in [0.29, 0.717) is 16.2 Å². The Bertz CT molecular complexity index is 1300. The van der Waals surface area contributed by atoms with E-state index in [4.69, 9.17) is 27.9 Å². The number of hydrogen-bond donors (Lipinski definition) is 1. The van der Waals surface area contributed by atoms with Crippen molar-refractivity contribution in [3.05, 3.63) is 35.4 Å². The number of aromatic hydroxyl groups is 1. The maximum absolute atomic E-state index is 13.7. The third kappa shape index (κ3) is 3.20. The van der Waals surface area contributed by atoms with Gasteiger partial charge in [0.25, 0.3) is 11.8 Å². The number of phenols is 1. The molecule has 1 aromatic rings. The fourth-order valence-corrected chi connectivity index (χ4v) is 7.68. The fourth-order valence-electron chi connectivity index (χ4n) is 6.26. The van der Waals surface area contributed by atoms with Gasteiger partial charge < -0.3 is 14.6 Å². The SMILES string of the molecule is COC(=O)N1C(=O)[C@H]2[C@H](CC=C3[C@H]2C[C@@]2(Cl)C(=O)N(CBr)C(=O)[C@@]2(Cl)[C@H]3c2cc(OC)ccc2O)C1=O. The number of benzene rings is 1. The summed E-state index contributed by atoms with van der Waals surface area (Å²) in [5.41, 5.74) is 0.475. The van der Waals surface area contributed by atoms with Gasteiger partial charge in [0.15, 0.2) is 9.75 Å². The van der Waals surface area contributed by atoms with Crippen molar-refractivity contribution < 1.29 is 38.6 Å². The average molecular weight is 616 g/mol. The second kappa shape index (κ2) is 8.71. The van der Waals surface area contributed by atoms with Gasteiger partial charge in [-0.2, -0.15) is 4.90 Å². The van der Waals surface area contributed by atoms with Crippen molar-refractivity contribution in [2.24, 2.45) is 17.8 Å². The molecule has 4 aliphatic rings. The van der Waals surface area contributed by atoms with E-state index < -0.39 is 63.1 Å². The second-order valence-electron chi connectivity index (χ2n) is 9.39. The smallest absolute Gasteiger partial charge is 0.423 e. The van der Waals surface area contributed by atoms with Crippen molar-refractivity contribution in [1.82, 2.24) is 9.80 Å². The molecule has 0 radical (unpaired) electrons. The standard InChI is InChI=1S/C24H21BrCl2N2O8/c1-36-10-3-6-15(30)13(7-10)17-11-4-5-12-16(19(32)29(18(12)31)22(35)37-2)14(11)8-23(26)20(33)28(9-25)21(34)24(17,23)27/h3-4,6-7,12,14,16-17,30H,5,8-9H2,1-2H3/t12-,14+,16-,17+,23+,24-/m0/s1. The van der Waals surface area contributed by atoms with Crippen LogP contribution in [0.25, 0.3) is 0 Å². The summed E-state index contributed by atoms with van der Waals surface area (Å²) in [5.74, 6) is -6.80. The predicted octanol–water partition coefficient (Wildman–Crippen LogP) is 2.88. The molecule has 0 bridgehead atoms. The van der Waals surface area contributed by atoms with Gasteiger partial charge in [0.2, 0.25) is 11.8 Å². The summed E-state index contributed by atoms with van der Waals surface area (Å²) in [6, 6.07) is 4.37. The molecule has 2 heterocycles. The van der Waals surface area contributed by atoms with Crippen LogP contribution >= 0.6 is 39.1 Å². The van der Waals surface area contributed by atoms with Crippen LogP contribution in [0.4, 0.5) is 4.79 Å². The van der Waals surface area contributed by atoms with Gasteiger partial charge >= 0.3 is 6.09 Å². The Morgan fingerprint density at radius 2 is 1.84 bits per heavy atom. The van der Waals surface area contributed by atoms with E-state index in [2.05, 4.69) is 20.7 Å². The minimum Gasteiger partial charge on any atom is -0.508 e. The molecular weight excluding hydrogens is 595 g/mol. The number of nitrogens with zero attached hydrogens (tertiary/aromatic N) is 2. The maximum Gasteiger partial charge on any atom is 0.423 e. The maximum atomic E-state index is 13.7. The highest BCUT2D eigenvalue weighted by Crippen LogP contribution is 2.66. The molecule has 5 amide bonds. The zero-order valence-corrected chi connectivity index (χ0v) is 22.7. The van der Waals surface area contributed by atoms with Crippen LogP contribution in [0.5, 0.6) is 11.5 Å². The van der Waals surface area contributed by atoms with E-state index >= 15 is 0 Å². The number of hydrogen-bond acceptors (Lipinski definition) is 8. The minimum atomic E-state index is -2.06. The van der Waals surface area contributed by atoms with Gasteiger partial charge in [-0.3, -0.25) is 24.1 Å². The third-order valence-corrected chi connectivity index (χ3v) is 9.83. The third-order valence-electron chi connectivity index (χ3n) is 7.92. The molecule has 6 atom stereocenters. The van der Waals surface area contributed by atoms with E-state index in [1.807, 2.05) is 0 Å². The van der Waals surface area contributed by atoms with Crippen molar-refractivity contribution in [2.45, 2.75) is 28.5 Å². The Hall–Kier alpha value is -2.63. The van der Waals surface area contributed by atoms with Crippen LogP contribution in [0, 0.1) is 17.8 Å². The van der Waals surface area contributed by atoms with Crippen LogP contribution in [-0.2, 0) is 23.9 Å². The van der Waals surface area contributed by atoms with Crippen LogP contribution in [0.2, 0.25) is 0 Å². The summed E-state index contributed by atoms with van der Waals surface area (Å²) >= 11 is 17.3. The lowest BCUT2D eigenvalue weighted by Crippen LogP contribution is -2.60. The van der Waals surface area contributed by atoms with Crippen LogP contribution in [-0.4, -0.2) is 74.1 Å². The normalized spacial score (nSPS) is 34.7. The predicted molar refractivity (Wildman–Crippen MR) is 132 cm³/mol. The summed E-state index contributed by atoms with van der Waals surface area (Å²) in [5, 5.41) is 10.9. The summed E-state index contributed by atoms with van der Waals surface area (Å²) in [6.45, 7) is 0. The minimum absolute atomic E-state index is 0.0718. The number of alkyl halides is 3. The lowest BCUT2D eigenvalue weighted by atomic mass is 9.56. The van der Waals surface area contributed by atoms with Gasteiger partial charge in [0.05, 0.1) is 31.5 Å². The fraction of sp³-hybridized carbons (Fsp3) is 0.458. The number of amides is 5. The lowest BCUT2D eigenvalue weighted by Gasteiger charge is -2.50. The number of carbonyl (C=O) groups excluding carboxylic acids is 5. The van der Waals surface area contributed by atoms with Crippen LogP contribution in [0.3, 0.4) is 0 Å². The Kier molecular flexibility index (Phi) is 6.12. The van der Waals surface area contributed by atoms with Gasteiger partial charge in [-0.05, 0) is 37.0 Å². The van der Waals surface area contributed by atoms with Crippen LogP contribution in [0.15, 0.2) is 29.8 Å². The molecule has 13 heteroatoms. The molecule has 37 heavy (non-hydrogen) atoms. The van der Waals surface area contributed by atoms with E-state index in [1.165, 1.54) is 25.3 Å². The summed E-state index contributed by atoms with van der Waals surface area (Å²) in [4.78, 5) is 63.2. The number of carbonyl (C=O) groups is 5. The number of allylic oxidation sites excluding steroid dienone is 2. The molecule has 1 aromatic carbocycles.